The molecular weight excluding hydrogens is 410 g/mol. The summed E-state index contributed by atoms with van der Waals surface area (Å²) < 4.78 is 7.03. The Hall–Kier alpha value is -2.93. The lowest BCUT2D eigenvalue weighted by atomic mass is 9.95. The molecule has 1 N–H and O–H groups in total. The van der Waals surface area contributed by atoms with Crippen molar-refractivity contribution in [3.05, 3.63) is 67.9 Å². The fourth-order valence-corrected chi connectivity index (χ4v) is 5.05. The Labute approximate surface area is 185 Å². The number of para-hydroxylation sites is 1. The molecule has 0 saturated carbocycles. The molecule has 1 aliphatic rings. The number of carbonyl (C=O) groups excluding carboxylic acids is 1. The third-order valence-corrected chi connectivity index (χ3v) is 6.73. The molecule has 4 rings (SSSR count). The number of aromatic amines is 1. The lowest BCUT2D eigenvalue weighted by Gasteiger charge is -2.12. The molecule has 1 aromatic carbocycles. The van der Waals surface area contributed by atoms with Gasteiger partial charge in [-0.3, -0.25) is 9.89 Å². The zero-order valence-electron chi connectivity index (χ0n) is 17.9. The third kappa shape index (κ3) is 4.42. The second-order valence-corrected chi connectivity index (χ2v) is 8.85. The molecule has 6 nitrogen and oxygen atoms in total. The highest BCUT2D eigenvalue weighted by atomic mass is 32.1. The number of aliphatic imine (C=N–C) groups is 1. The van der Waals surface area contributed by atoms with Crippen molar-refractivity contribution in [2.24, 2.45) is 4.99 Å². The van der Waals surface area contributed by atoms with Gasteiger partial charge in [-0.05, 0) is 56.7 Å². The van der Waals surface area contributed by atoms with Gasteiger partial charge in [-0.1, -0.05) is 31.5 Å². The molecule has 0 radical (unpaired) electrons. The number of H-pyrrole nitrogens is 1. The number of esters is 1. The van der Waals surface area contributed by atoms with E-state index in [0.29, 0.717) is 22.7 Å². The predicted octanol–water partition coefficient (Wildman–Crippen LogP) is 5.12. The van der Waals surface area contributed by atoms with Gasteiger partial charge in [0.25, 0.3) is 5.56 Å². The van der Waals surface area contributed by atoms with E-state index in [9.17, 15) is 9.59 Å². The van der Waals surface area contributed by atoms with Crippen LogP contribution >= 0.6 is 11.3 Å². The summed E-state index contributed by atoms with van der Waals surface area (Å²) in [4.78, 5) is 31.6. The van der Waals surface area contributed by atoms with Gasteiger partial charge < -0.3 is 4.74 Å². The lowest BCUT2D eigenvalue weighted by molar-refractivity contribution is 0.0500. The fourth-order valence-electron chi connectivity index (χ4n) is 3.83. The van der Waals surface area contributed by atoms with E-state index in [2.05, 4.69) is 17.0 Å². The van der Waals surface area contributed by atoms with Crippen molar-refractivity contribution in [3.8, 4) is 5.69 Å². The Morgan fingerprint density at radius 1 is 1.26 bits per heavy atom. The molecule has 0 unspecified atom stereocenters. The number of nitrogens with zero attached hydrogens (tertiary/aromatic N) is 2. The predicted molar refractivity (Wildman–Crippen MR) is 125 cm³/mol. The zero-order valence-corrected chi connectivity index (χ0v) is 18.8. The molecule has 0 atom stereocenters. The summed E-state index contributed by atoms with van der Waals surface area (Å²) >= 11 is 1.55. The Kier molecular flexibility index (Phi) is 6.51. The molecule has 31 heavy (non-hydrogen) atoms. The number of nitrogens with one attached hydrogen (secondary N) is 1. The quantitative estimate of drug-likeness (QED) is 0.317. The topological polar surface area (TPSA) is 76.4 Å². The smallest absolute Gasteiger partial charge is 0.341 e. The van der Waals surface area contributed by atoms with Crippen molar-refractivity contribution < 1.29 is 9.53 Å². The summed E-state index contributed by atoms with van der Waals surface area (Å²) in [6.07, 6.45) is 7.44. The van der Waals surface area contributed by atoms with E-state index in [4.69, 9.17) is 4.74 Å². The van der Waals surface area contributed by atoms with Gasteiger partial charge in [0, 0.05) is 16.8 Å². The first-order valence-electron chi connectivity index (χ1n) is 10.8. The summed E-state index contributed by atoms with van der Waals surface area (Å²) in [5.74, 6) is -0.299. The van der Waals surface area contributed by atoms with Gasteiger partial charge in [0.05, 0.1) is 23.4 Å². The molecule has 2 aromatic heterocycles. The Balaban J connectivity index is 1.68. The minimum absolute atomic E-state index is 0.166. The maximum atomic E-state index is 13.0. The highest BCUT2D eigenvalue weighted by Crippen LogP contribution is 2.40. The summed E-state index contributed by atoms with van der Waals surface area (Å²) in [5.41, 5.74) is 3.48. The fraction of sp³-hybridized carbons (Fsp3) is 0.375. The van der Waals surface area contributed by atoms with Crippen LogP contribution in [0.5, 0.6) is 0 Å². The molecule has 2 heterocycles. The maximum Gasteiger partial charge on any atom is 0.341 e. The summed E-state index contributed by atoms with van der Waals surface area (Å²) in [5, 5.41) is 3.75. The summed E-state index contributed by atoms with van der Waals surface area (Å²) in [7, 11) is 0. The number of aryl methyl sites for hydroxylation is 2. The van der Waals surface area contributed by atoms with E-state index in [-0.39, 0.29) is 11.5 Å². The minimum atomic E-state index is -0.299. The average molecular weight is 438 g/mol. The van der Waals surface area contributed by atoms with Crippen LogP contribution in [0.4, 0.5) is 5.00 Å². The number of rotatable bonds is 7. The van der Waals surface area contributed by atoms with Crippen LogP contribution in [0.1, 0.15) is 64.7 Å². The van der Waals surface area contributed by atoms with E-state index in [1.807, 2.05) is 37.3 Å². The number of carbonyl (C=O) groups is 1. The number of benzene rings is 1. The maximum absolute atomic E-state index is 13.0. The number of unbranched alkanes of at least 4 members (excludes halogenated alkanes) is 1. The largest absolute Gasteiger partial charge is 0.462 e. The molecule has 0 spiro atoms. The molecule has 0 aliphatic heterocycles. The number of thiophene rings is 1. The Bertz CT molecular complexity index is 1150. The van der Waals surface area contributed by atoms with Crippen molar-refractivity contribution in [3.63, 3.8) is 0 Å². The highest BCUT2D eigenvalue weighted by molar-refractivity contribution is 7.16. The van der Waals surface area contributed by atoms with E-state index in [1.165, 1.54) is 9.56 Å². The molecule has 1 aliphatic carbocycles. The van der Waals surface area contributed by atoms with Gasteiger partial charge in [-0.2, -0.15) is 0 Å². The number of hydrogen-bond acceptors (Lipinski definition) is 5. The standard InChI is InChI=1S/C24H27N3O3S/c1-3-4-14-30-24(29)21-18-12-8-9-13-20(18)31-22(21)25-15-19-16(2)26-27(23(19)28)17-10-6-5-7-11-17/h5-7,10-11,15,26H,3-4,8-9,12-14H2,1-2H3/b25-15+. The zero-order chi connectivity index (χ0) is 21.8. The average Bonchev–Trinajstić information content (AvgIpc) is 3.29. The van der Waals surface area contributed by atoms with Crippen molar-refractivity contribution in [2.75, 3.05) is 6.61 Å². The number of aromatic nitrogens is 2. The molecule has 7 heteroatoms. The van der Waals surface area contributed by atoms with Gasteiger partial charge >= 0.3 is 5.97 Å². The first-order valence-corrected chi connectivity index (χ1v) is 11.6. The Morgan fingerprint density at radius 3 is 2.81 bits per heavy atom. The molecular formula is C24H27N3O3S. The van der Waals surface area contributed by atoms with Crippen LogP contribution in [-0.4, -0.2) is 28.6 Å². The lowest BCUT2D eigenvalue weighted by Crippen LogP contribution is -2.17. The van der Waals surface area contributed by atoms with Gasteiger partial charge in [0.15, 0.2) is 0 Å². The second kappa shape index (κ2) is 9.47. The van der Waals surface area contributed by atoms with Crippen LogP contribution in [0.3, 0.4) is 0 Å². The van der Waals surface area contributed by atoms with Crippen LogP contribution in [-0.2, 0) is 17.6 Å². The van der Waals surface area contributed by atoms with Gasteiger partial charge in [0.2, 0.25) is 0 Å². The summed E-state index contributed by atoms with van der Waals surface area (Å²) in [6, 6.07) is 9.43. The van der Waals surface area contributed by atoms with Crippen molar-refractivity contribution in [2.45, 2.75) is 52.4 Å². The van der Waals surface area contributed by atoms with E-state index in [0.717, 1.165) is 55.5 Å². The molecule has 162 valence electrons. The molecule has 3 aromatic rings. The van der Waals surface area contributed by atoms with Gasteiger partial charge in [-0.25, -0.2) is 14.5 Å². The van der Waals surface area contributed by atoms with E-state index >= 15 is 0 Å². The van der Waals surface area contributed by atoms with Crippen LogP contribution in [0, 0.1) is 6.92 Å². The van der Waals surface area contributed by atoms with Crippen LogP contribution in [0.2, 0.25) is 0 Å². The number of ether oxygens (including phenoxy) is 1. The van der Waals surface area contributed by atoms with Crippen LogP contribution in [0.15, 0.2) is 40.1 Å². The van der Waals surface area contributed by atoms with Crippen LogP contribution < -0.4 is 5.56 Å². The third-order valence-electron chi connectivity index (χ3n) is 5.53. The summed E-state index contributed by atoms with van der Waals surface area (Å²) in [6.45, 7) is 4.33. The number of fused-ring (bicyclic) bond motifs is 1. The molecule has 0 saturated heterocycles. The monoisotopic (exact) mass is 437 g/mol. The Morgan fingerprint density at radius 2 is 2.03 bits per heavy atom. The normalized spacial score (nSPS) is 13.5. The first kappa shape index (κ1) is 21.3. The van der Waals surface area contributed by atoms with E-state index in [1.54, 1.807) is 17.6 Å². The molecule has 0 amide bonds. The van der Waals surface area contributed by atoms with E-state index < -0.39 is 0 Å². The van der Waals surface area contributed by atoms with Crippen molar-refractivity contribution >= 4 is 28.5 Å². The van der Waals surface area contributed by atoms with Crippen molar-refractivity contribution in [1.29, 1.82) is 0 Å². The minimum Gasteiger partial charge on any atom is -0.462 e. The van der Waals surface area contributed by atoms with Crippen LogP contribution in [0.25, 0.3) is 5.69 Å². The van der Waals surface area contributed by atoms with Gasteiger partial charge in [0.1, 0.15) is 5.00 Å². The first-order chi connectivity index (χ1) is 15.1. The molecule has 0 fully saturated rings. The van der Waals surface area contributed by atoms with Gasteiger partial charge in [-0.15, -0.1) is 11.3 Å². The molecule has 0 bridgehead atoms. The number of hydrogen-bond donors (Lipinski definition) is 1. The highest BCUT2D eigenvalue weighted by Gasteiger charge is 2.26. The second-order valence-electron chi connectivity index (χ2n) is 7.77. The SMILES string of the molecule is CCCCOC(=O)c1c(/N=C/c2c(C)[nH]n(-c3ccccc3)c2=O)sc2c1CCCC2. The van der Waals surface area contributed by atoms with Crippen molar-refractivity contribution in [1.82, 2.24) is 9.78 Å².